The molecule has 2 nitrogen and oxygen atoms in total. The van der Waals surface area contributed by atoms with Gasteiger partial charge < -0.3 is 10.1 Å². The maximum Gasteiger partial charge on any atom is 0.0717 e. The first-order chi connectivity index (χ1) is 6.33. The number of hydrogen-bond acceptors (Lipinski definition) is 2. The topological polar surface area (TPSA) is 21.3 Å². The van der Waals surface area contributed by atoms with Crippen LogP contribution in [0.25, 0.3) is 0 Å². The standard InChI is InChI=1S/C10H14BrNO/c1-12-5-6-13-8-9-3-2-4-10(11)7-9/h2-4,7,12H,5-6,8H2,1H3. The van der Waals surface area contributed by atoms with Gasteiger partial charge in [-0.3, -0.25) is 0 Å². The second-order valence-electron chi connectivity index (χ2n) is 2.79. The number of nitrogens with one attached hydrogen (secondary N) is 1. The predicted molar refractivity (Wildman–Crippen MR) is 57.7 cm³/mol. The lowest BCUT2D eigenvalue weighted by molar-refractivity contribution is 0.124. The summed E-state index contributed by atoms with van der Waals surface area (Å²) in [5.41, 5.74) is 1.20. The Hall–Kier alpha value is -0.380. The van der Waals surface area contributed by atoms with Crippen LogP contribution in [0.1, 0.15) is 5.56 Å². The number of halogens is 1. The molecule has 0 aliphatic rings. The number of benzene rings is 1. The molecular formula is C10H14BrNO. The third-order valence-electron chi connectivity index (χ3n) is 1.65. The highest BCUT2D eigenvalue weighted by atomic mass is 79.9. The zero-order valence-corrected chi connectivity index (χ0v) is 9.30. The molecular weight excluding hydrogens is 230 g/mol. The first-order valence-electron chi connectivity index (χ1n) is 4.29. The Balaban J connectivity index is 2.28. The first kappa shape index (κ1) is 10.7. The Labute approximate surface area is 87.4 Å². The summed E-state index contributed by atoms with van der Waals surface area (Å²) in [6.07, 6.45) is 0. The van der Waals surface area contributed by atoms with Crippen molar-refractivity contribution < 1.29 is 4.74 Å². The van der Waals surface area contributed by atoms with E-state index in [0.717, 1.165) is 17.6 Å². The van der Waals surface area contributed by atoms with Crippen molar-refractivity contribution in [3.8, 4) is 0 Å². The quantitative estimate of drug-likeness (QED) is 0.801. The van der Waals surface area contributed by atoms with Crippen LogP contribution in [-0.4, -0.2) is 20.2 Å². The van der Waals surface area contributed by atoms with E-state index in [-0.39, 0.29) is 0 Å². The SMILES string of the molecule is CNCCOCc1cccc(Br)c1. The smallest absolute Gasteiger partial charge is 0.0717 e. The third-order valence-corrected chi connectivity index (χ3v) is 2.15. The zero-order chi connectivity index (χ0) is 9.52. The van der Waals surface area contributed by atoms with E-state index in [2.05, 4.69) is 33.4 Å². The lowest BCUT2D eigenvalue weighted by atomic mass is 10.2. The van der Waals surface area contributed by atoms with Crippen molar-refractivity contribution in [2.75, 3.05) is 20.2 Å². The van der Waals surface area contributed by atoms with Gasteiger partial charge in [-0.15, -0.1) is 0 Å². The van der Waals surface area contributed by atoms with E-state index in [1.807, 2.05) is 19.2 Å². The fourth-order valence-corrected chi connectivity index (χ4v) is 1.44. The molecule has 0 aliphatic heterocycles. The van der Waals surface area contributed by atoms with Gasteiger partial charge in [0.05, 0.1) is 13.2 Å². The molecule has 0 aromatic heterocycles. The maximum absolute atomic E-state index is 5.43. The highest BCUT2D eigenvalue weighted by Gasteiger charge is 1.93. The van der Waals surface area contributed by atoms with Crippen LogP contribution in [0.3, 0.4) is 0 Å². The Kier molecular flexibility index (Phi) is 5.05. The highest BCUT2D eigenvalue weighted by Crippen LogP contribution is 2.11. The van der Waals surface area contributed by atoms with Crippen LogP contribution >= 0.6 is 15.9 Å². The molecule has 0 fully saturated rings. The molecule has 0 bridgehead atoms. The van der Waals surface area contributed by atoms with Crippen LogP contribution < -0.4 is 5.32 Å². The first-order valence-corrected chi connectivity index (χ1v) is 5.09. The molecule has 0 heterocycles. The van der Waals surface area contributed by atoms with E-state index in [1.165, 1.54) is 5.56 Å². The van der Waals surface area contributed by atoms with E-state index in [9.17, 15) is 0 Å². The van der Waals surface area contributed by atoms with Gasteiger partial charge in [-0.2, -0.15) is 0 Å². The van der Waals surface area contributed by atoms with Gasteiger partial charge in [0.25, 0.3) is 0 Å². The average Bonchev–Trinajstić information content (AvgIpc) is 2.13. The van der Waals surface area contributed by atoms with Crippen molar-refractivity contribution >= 4 is 15.9 Å². The van der Waals surface area contributed by atoms with Crippen LogP contribution in [0.4, 0.5) is 0 Å². The van der Waals surface area contributed by atoms with E-state index < -0.39 is 0 Å². The minimum Gasteiger partial charge on any atom is -0.375 e. The monoisotopic (exact) mass is 243 g/mol. The second kappa shape index (κ2) is 6.13. The number of likely N-dealkylation sites (N-methyl/N-ethyl adjacent to an activating group) is 1. The highest BCUT2D eigenvalue weighted by molar-refractivity contribution is 9.10. The second-order valence-corrected chi connectivity index (χ2v) is 3.70. The van der Waals surface area contributed by atoms with Crippen molar-refractivity contribution in [3.05, 3.63) is 34.3 Å². The molecule has 1 N–H and O–H groups in total. The molecule has 1 aromatic carbocycles. The van der Waals surface area contributed by atoms with Gasteiger partial charge in [0.2, 0.25) is 0 Å². The molecule has 0 unspecified atom stereocenters. The number of hydrogen-bond donors (Lipinski definition) is 1. The van der Waals surface area contributed by atoms with Gasteiger partial charge in [-0.1, -0.05) is 28.1 Å². The summed E-state index contributed by atoms with van der Waals surface area (Å²) in [4.78, 5) is 0. The van der Waals surface area contributed by atoms with Crippen LogP contribution in [0, 0.1) is 0 Å². The van der Waals surface area contributed by atoms with Gasteiger partial charge in [-0.25, -0.2) is 0 Å². The van der Waals surface area contributed by atoms with E-state index >= 15 is 0 Å². The molecule has 0 saturated heterocycles. The Morgan fingerprint density at radius 1 is 1.46 bits per heavy atom. The molecule has 0 saturated carbocycles. The molecule has 1 aromatic rings. The fraction of sp³-hybridized carbons (Fsp3) is 0.400. The fourth-order valence-electron chi connectivity index (χ4n) is 0.991. The molecule has 0 aliphatic carbocycles. The summed E-state index contributed by atoms with van der Waals surface area (Å²) in [6.45, 7) is 2.33. The van der Waals surface area contributed by atoms with Crippen LogP contribution in [0.15, 0.2) is 28.7 Å². The molecule has 0 atom stereocenters. The Morgan fingerprint density at radius 3 is 3.00 bits per heavy atom. The predicted octanol–water partition coefficient (Wildman–Crippen LogP) is 2.19. The van der Waals surface area contributed by atoms with Crippen LogP contribution in [-0.2, 0) is 11.3 Å². The van der Waals surface area contributed by atoms with Gasteiger partial charge in [0.1, 0.15) is 0 Å². The van der Waals surface area contributed by atoms with Gasteiger partial charge >= 0.3 is 0 Å². The summed E-state index contributed by atoms with van der Waals surface area (Å²) in [7, 11) is 1.92. The van der Waals surface area contributed by atoms with Crippen LogP contribution in [0.2, 0.25) is 0 Å². The lowest BCUT2D eigenvalue weighted by Crippen LogP contribution is -2.13. The largest absolute Gasteiger partial charge is 0.375 e. The Bertz CT molecular complexity index is 252. The van der Waals surface area contributed by atoms with E-state index in [4.69, 9.17) is 4.74 Å². The van der Waals surface area contributed by atoms with Crippen molar-refractivity contribution in [2.24, 2.45) is 0 Å². The van der Waals surface area contributed by atoms with Crippen molar-refractivity contribution in [1.82, 2.24) is 5.32 Å². The molecule has 13 heavy (non-hydrogen) atoms. The molecule has 72 valence electrons. The van der Waals surface area contributed by atoms with Crippen molar-refractivity contribution in [2.45, 2.75) is 6.61 Å². The van der Waals surface area contributed by atoms with Crippen molar-refractivity contribution in [1.29, 1.82) is 0 Å². The Morgan fingerprint density at radius 2 is 2.31 bits per heavy atom. The van der Waals surface area contributed by atoms with Crippen LogP contribution in [0.5, 0.6) is 0 Å². The molecule has 0 amide bonds. The summed E-state index contributed by atoms with van der Waals surface area (Å²) >= 11 is 3.42. The van der Waals surface area contributed by atoms with Crippen molar-refractivity contribution in [3.63, 3.8) is 0 Å². The maximum atomic E-state index is 5.43. The summed E-state index contributed by atoms with van der Waals surface area (Å²) < 4.78 is 6.53. The summed E-state index contributed by atoms with van der Waals surface area (Å²) in [6, 6.07) is 8.15. The van der Waals surface area contributed by atoms with E-state index in [1.54, 1.807) is 0 Å². The lowest BCUT2D eigenvalue weighted by Gasteiger charge is -2.03. The number of rotatable bonds is 5. The molecule has 0 spiro atoms. The normalized spacial score (nSPS) is 10.3. The van der Waals surface area contributed by atoms with Gasteiger partial charge in [-0.05, 0) is 24.7 Å². The van der Waals surface area contributed by atoms with Gasteiger partial charge in [0.15, 0.2) is 0 Å². The molecule has 3 heteroatoms. The molecule has 0 radical (unpaired) electrons. The minimum atomic E-state index is 0.682. The average molecular weight is 244 g/mol. The minimum absolute atomic E-state index is 0.682. The number of ether oxygens (including phenoxy) is 1. The molecule has 1 rings (SSSR count). The third kappa shape index (κ3) is 4.41. The summed E-state index contributed by atoms with van der Waals surface area (Å²) in [5, 5.41) is 3.03. The van der Waals surface area contributed by atoms with E-state index in [0.29, 0.717) is 6.61 Å². The van der Waals surface area contributed by atoms with Gasteiger partial charge in [0, 0.05) is 11.0 Å². The summed E-state index contributed by atoms with van der Waals surface area (Å²) in [5.74, 6) is 0. The zero-order valence-electron chi connectivity index (χ0n) is 7.72.